The highest BCUT2D eigenvalue weighted by molar-refractivity contribution is 5.78. The van der Waals surface area contributed by atoms with Crippen molar-refractivity contribution in [2.75, 3.05) is 13.1 Å². The van der Waals surface area contributed by atoms with Crippen LogP contribution in [0.4, 0.5) is 0 Å². The van der Waals surface area contributed by atoms with E-state index in [9.17, 15) is 4.79 Å². The van der Waals surface area contributed by atoms with Gasteiger partial charge in [-0.05, 0) is 19.9 Å². The van der Waals surface area contributed by atoms with Crippen molar-refractivity contribution in [1.82, 2.24) is 10.6 Å². The maximum absolute atomic E-state index is 11.2. The second-order valence-corrected chi connectivity index (χ2v) is 3.18. The Bertz CT molecular complexity index is 147. The Balaban J connectivity index is 2.49. The monoisotopic (exact) mass is 156 g/mol. The highest BCUT2D eigenvalue weighted by atomic mass is 16.1. The van der Waals surface area contributed by atoms with E-state index in [1.807, 2.05) is 6.92 Å². The van der Waals surface area contributed by atoms with Gasteiger partial charge >= 0.3 is 0 Å². The highest BCUT2D eigenvalue weighted by Gasteiger charge is 2.20. The molecular weight excluding hydrogens is 140 g/mol. The summed E-state index contributed by atoms with van der Waals surface area (Å²) in [6, 6.07) is 0.301. The van der Waals surface area contributed by atoms with E-state index in [4.69, 9.17) is 0 Å². The zero-order chi connectivity index (χ0) is 8.27. The zero-order valence-corrected chi connectivity index (χ0v) is 7.18. The summed E-state index contributed by atoms with van der Waals surface area (Å²) < 4.78 is 0. The molecule has 1 aliphatic heterocycles. The van der Waals surface area contributed by atoms with Crippen LogP contribution in [0.2, 0.25) is 0 Å². The van der Waals surface area contributed by atoms with Crippen LogP contribution >= 0.6 is 0 Å². The number of amides is 1. The predicted molar refractivity (Wildman–Crippen MR) is 44.3 cm³/mol. The molecule has 0 aliphatic carbocycles. The van der Waals surface area contributed by atoms with Gasteiger partial charge in [0.15, 0.2) is 0 Å². The molecule has 64 valence electrons. The predicted octanol–water partition coefficient (Wildman–Crippen LogP) is 0.120. The largest absolute Gasteiger partial charge is 0.356 e. The molecule has 11 heavy (non-hydrogen) atoms. The van der Waals surface area contributed by atoms with E-state index in [1.165, 1.54) is 0 Å². The molecule has 1 heterocycles. The molecule has 1 amide bonds. The number of hydrogen-bond acceptors (Lipinski definition) is 2. The summed E-state index contributed by atoms with van der Waals surface area (Å²) in [6.07, 6.45) is 1.03. The van der Waals surface area contributed by atoms with Crippen LogP contribution in [0, 0.1) is 5.92 Å². The van der Waals surface area contributed by atoms with Gasteiger partial charge in [0, 0.05) is 12.6 Å². The van der Waals surface area contributed by atoms with Gasteiger partial charge in [-0.15, -0.1) is 0 Å². The lowest BCUT2D eigenvalue weighted by molar-refractivity contribution is -0.125. The summed E-state index contributed by atoms with van der Waals surface area (Å²) in [6.45, 7) is 5.82. The van der Waals surface area contributed by atoms with Gasteiger partial charge < -0.3 is 10.6 Å². The number of carbonyl (C=O) groups is 1. The van der Waals surface area contributed by atoms with Crippen LogP contribution in [0.25, 0.3) is 0 Å². The molecular formula is C8H16N2O. The minimum atomic E-state index is 0.0929. The fourth-order valence-corrected chi connectivity index (χ4v) is 1.19. The van der Waals surface area contributed by atoms with Crippen molar-refractivity contribution < 1.29 is 4.79 Å². The van der Waals surface area contributed by atoms with Gasteiger partial charge in [-0.2, -0.15) is 0 Å². The van der Waals surface area contributed by atoms with Gasteiger partial charge in [0.05, 0.1) is 5.92 Å². The van der Waals surface area contributed by atoms with E-state index >= 15 is 0 Å². The molecule has 0 bridgehead atoms. The van der Waals surface area contributed by atoms with Crippen LogP contribution in [-0.4, -0.2) is 25.0 Å². The lowest BCUT2D eigenvalue weighted by Gasteiger charge is -2.23. The zero-order valence-electron chi connectivity index (χ0n) is 7.18. The molecule has 2 atom stereocenters. The van der Waals surface area contributed by atoms with Crippen LogP contribution in [-0.2, 0) is 4.79 Å². The molecule has 2 unspecified atom stereocenters. The summed E-state index contributed by atoms with van der Waals surface area (Å²) in [5, 5.41) is 6.19. The van der Waals surface area contributed by atoms with Gasteiger partial charge in [0.2, 0.25) is 5.91 Å². The number of rotatable bonds is 0. The molecule has 1 fully saturated rings. The van der Waals surface area contributed by atoms with Crippen molar-refractivity contribution in [1.29, 1.82) is 0 Å². The maximum atomic E-state index is 11.2. The summed E-state index contributed by atoms with van der Waals surface area (Å²) in [4.78, 5) is 11.2. The molecule has 0 radical (unpaired) electrons. The molecule has 2 N–H and O–H groups in total. The average Bonchev–Trinajstić information content (AvgIpc) is 2.00. The Labute approximate surface area is 67.5 Å². The first kappa shape index (κ1) is 8.53. The summed E-state index contributed by atoms with van der Waals surface area (Å²) in [5.74, 6) is 0.264. The highest BCUT2D eigenvalue weighted by Crippen LogP contribution is 2.03. The summed E-state index contributed by atoms with van der Waals surface area (Å²) in [5.41, 5.74) is 0. The Hall–Kier alpha value is -0.570. The molecule has 1 saturated heterocycles. The van der Waals surface area contributed by atoms with Crippen molar-refractivity contribution in [2.24, 2.45) is 5.92 Å². The molecule has 1 rings (SSSR count). The average molecular weight is 156 g/mol. The van der Waals surface area contributed by atoms with Crippen LogP contribution in [0.1, 0.15) is 20.3 Å². The standard InChI is InChI=1S/C8H16N2O/c1-6-7(2)9-4-3-5-10-8(6)11/h6-7,9H,3-5H2,1-2H3,(H,10,11). The van der Waals surface area contributed by atoms with Crippen LogP contribution in [0.15, 0.2) is 0 Å². The Morgan fingerprint density at radius 2 is 2.09 bits per heavy atom. The van der Waals surface area contributed by atoms with Gasteiger partial charge in [-0.3, -0.25) is 4.79 Å². The smallest absolute Gasteiger partial charge is 0.224 e. The van der Waals surface area contributed by atoms with Crippen LogP contribution < -0.4 is 10.6 Å². The van der Waals surface area contributed by atoms with Gasteiger partial charge in [0.1, 0.15) is 0 Å². The minimum absolute atomic E-state index is 0.0929. The lowest BCUT2D eigenvalue weighted by Crippen LogP contribution is -2.45. The number of hydrogen-bond donors (Lipinski definition) is 2. The number of carbonyl (C=O) groups excluding carboxylic acids is 1. The van der Waals surface area contributed by atoms with E-state index in [-0.39, 0.29) is 11.8 Å². The minimum Gasteiger partial charge on any atom is -0.356 e. The fraction of sp³-hybridized carbons (Fsp3) is 0.875. The second kappa shape index (κ2) is 3.72. The topological polar surface area (TPSA) is 41.1 Å². The van der Waals surface area contributed by atoms with Gasteiger partial charge in [-0.1, -0.05) is 6.92 Å². The summed E-state index contributed by atoms with van der Waals surface area (Å²) >= 11 is 0. The Kier molecular flexibility index (Phi) is 2.88. The van der Waals surface area contributed by atoms with Gasteiger partial charge in [-0.25, -0.2) is 0 Å². The van der Waals surface area contributed by atoms with E-state index in [0.29, 0.717) is 6.04 Å². The second-order valence-electron chi connectivity index (χ2n) is 3.18. The van der Waals surface area contributed by atoms with E-state index < -0.39 is 0 Å². The fourth-order valence-electron chi connectivity index (χ4n) is 1.19. The third-order valence-corrected chi connectivity index (χ3v) is 2.28. The Morgan fingerprint density at radius 1 is 1.36 bits per heavy atom. The van der Waals surface area contributed by atoms with Crippen LogP contribution in [0.3, 0.4) is 0 Å². The molecule has 0 saturated carbocycles. The third-order valence-electron chi connectivity index (χ3n) is 2.28. The van der Waals surface area contributed by atoms with Crippen molar-refractivity contribution in [3.05, 3.63) is 0 Å². The van der Waals surface area contributed by atoms with E-state index in [2.05, 4.69) is 17.6 Å². The first-order valence-electron chi connectivity index (χ1n) is 4.23. The molecule has 3 nitrogen and oxygen atoms in total. The van der Waals surface area contributed by atoms with Crippen molar-refractivity contribution in [2.45, 2.75) is 26.3 Å². The normalized spacial score (nSPS) is 33.8. The molecule has 0 spiro atoms. The maximum Gasteiger partial charge on any atom is 0.224 e. The van der Waals surface area contributed by atoms with Crippen molar-refractivity contribution >= 4 is 5.91 Å². The first-order valence-corrected chi connectivity index (χ1v) is 4.23. The Morgan fingerprint density at radius 3 is 2.82 bits per heavy atom. The van der Waals surface area contributed by atoms with Crippen LogP contribution in [0.5, 0.6) is 0 Å². The first-order chi connectivity index (χ1) is 5.22. The molecule has 0 aromatic rings. The quantitative estimate of drug-likeness (QED) is 0.523. The van der Waals surface area contributed by atoms with E-state index in [1.54, 1.807) is 0 Å². The molecule has 3 heteroatoms. The summed E-state index contributed by atoms with van der Waals surface area (Å²) in [7, 11) is 0. The molecule has 1 aliphatic rings. The lowest BCUT2D eigenvalue weighted by atomic mass is 10.0. The number of nitrogens with one attached hydrogen (secondary N) is 2. The molecule has 0 aromatic carbocycles. The molecule has 0 aromatic heterocycles. The van der Waals surface area contributed by atoms with Crippen molar-refractivity contribution in [3.8, 4) is 0 Å². The third kappa shape index (κ3) is 2.19. The van der Waals surface area contributed by atoms with E-state index in [0.717, 1.165) is 19.5 Å². The van der Waals surface area contributed by atoms with Gasteiger partial charge in [0.25, 0.3) is 0 Å². The SMILES string of the molecule is CC1NCCCNC(=O)C1C. The van der Waals surface area contributed by atoms with Crippen molar-refractivity contribution in [3.63, 3.8) is 0 Å².